The monoisotopic (exact) mass is 474 g/mol. The van der Waals surface area contributed by atoms with E-state index in [0.717, 1.165) is 5.56 Å². The SMILES string of the molecule is O=C(OCC(=O)c1ccc[nH]1)c1cccc(S(=O)(=O)N(Cc2ccccc2)c2ccccc2)c1. The summed E-state index contributed by atoms with van der Waals surface area (Å²) in [6.07, 6.45) is 1.59. The number of Topliss-reactive ketones (excluding diaryl/α,β-unsaturated/α-hetero) is 1. The van der Waals surface area contributed by atoms with E-state index in [0.29, 0.717) is 11.4 Å². The normalized spacial score (nSPS) is 11.1. The van der Waals surface area contributed by atoms with Crippen LogP contribution in [0.15, 0.2) is 108 Å². The Bertz CT molecular complexity index is 1370. The molecule has 0 unspecified atom stereocenters. The van der Waals surface area contributed by atoms with E-state index >= 15 is 0 Å². The van der Waals surface area contributed by atoms with Crippen LogP contribution in [0.4, 0.5) is 5.69 Å². The first-order valence-electron chi connectivity index (χ1n) is 10.5. The second-order valence-electron chi connectivity index (χ2n) is 7.44. The first kappa shape index (κ1) is 23.0. The van der Waals surface area contributed by atoms with E-state index in [9.17, 15) is 18.0 Å². The zero-order valence-electron chi connectivity index (χ0n) is 18.1. The van der Waals surface area contributed by atoms with Crippen molar-refractivity contribution in [3.8, 4) is 0 Å². The van der Waals surface area contributed by atoms with Gasteiger partial charge in [-0.05, 0) is 48.0 Å². The van der Waals surface area contributed by atoms with Gasteiger partial charge in [0.25, 0.3) is 10.0 Å². The van der Waals surface area contributed by atoms with Gasteiger partial charge in [-0.3, -0.25) is 9.10 Å². The van der Waals surface area contributed by atoms with Crippen LogP contribution in [0.1, 0.15) is 26.4 Å². The molecule has 172 valence electrons. The number of nitrogens with zero attached hydrogens (tertiary/aromatic N) is 1. The topological polar surface area (TPSA) is 96.5 Å². The predicted octanol–water partition coefficient (Wildman–Crippen LogP) is 4.45. The maximum atomic E-state index is 13.6. The minimum atomic E-state index is -4.02. The third kappa shape index (κ3) is 5.24. The van der Waals surface area contributed by atoms with Gasteiger partial charge in [0.15, 0.2) is 6.61 Å². The molecule has 0 saturated heterocycles. The Morgan fingerprint density at radius 1 is 0.824 bits per heavy atom. The summed E-state index contributed by atoms with van der Waals surface area (Å²) >= 11 is 0. The molecule has 0 atom stereocenters. The lowest BCUT2D eigenvalue weighted by atomic mass is 10.2. The van der Waals surface area contributed by atoms with E-state index in [1.54, 1.807) is 42.6 Å². The van der Waals surface area contributed by atoms with E-state index in [1.165, 1.54) is 28.6 Å². The molecule has 3 aromatic carbocycles. The number of para-hydroxylation sites is 1. The highest BCUT2D eigenvalue weighted by atomic mass is 32.2. The van der Waals surface area contributed by atoms with Crippen LogP contribution in [-0.4, -0.2) is 31.8 Å². The lowest BCUT2D eigenvalue weighted by Crippen LogP contribution is -2.30. The van der Waals surface area contributed by atoms with Crippen molar-refractivity contribution in [1.82, 2.24) is 4.98 Å². The molecule has 0 aliphatic carbocycles. The minimum Gasteiger partial charge on any atom is -0.454 e. The van der Waals surface area contributed by atoms with Crippen molar-refractivity contribution < 1.29 is 22.7 Å². The Kier molecular flexibility index (Phi) is 6.89. The molecule has 34 heavy (non-hydrogen) atoms. The van der Waals surface area contributed by atoms with Gasteiger partial charge < -0.3 is 9.72 Å². The van der Waals surface area contributed by atoms with Crippen LogP contribution >= 0.6 is 0 Å². The largest absolute Gasteiger partial charge is 0.454 e. The van der Waals surface area contributed by atoms with Gasteiger partial charge in [-0.15, -0.1) is 0 Å². The maximum absolute atomic E-state index is 13.6. The van der Waals surface area contributed by atoms with Crippen molar-refractivity contribution in [3.05, 3.63) is 120 Å². The van der Waals surface area contributed by atoms with Gasteiger partial charge in [-0.1, -0.05) is 54.6 Å². The van der Waals surface area contributed by atoms with E-state index < -0.39 is 22.6 Å². The number of nitrogens with one attached hydrogen (secondary N) is 1. The van der Waals surface area contributed by atoms with Crippen LogP contribution < -0.4 is 4.31 Å². The van der Waals surface area contributed by atoms with Crippen molar-refractivity contribution >= 4 is 27.5 Å². The predicted molar refractivity (Wildman–Crippen MR) is 128 cm³/mol. The van der Waals surface area contributed by atoms with E-state index in [2.05, 4.69) is 4.98 Å². The number of rotatable bonds is 9. The Balaban J connectivity index is 1.59. The van der Waals surface area contributed by atoms with Gasteiger partial charge in [0.1, 0.15) is 0 Å². The average Bonchev–Trinajstić information content (AvgIpc) is 3.42. The van der Waals surface area contributed by atoms with Crippen molar-refractivity contribution in [2.75, 3.05) is 10.9 Å². The number of sulfonamides is 1. The summed E-state index contributed by atoms with van der Waals surface area (Å²) in [5.74, 6) is -1.17. The van der Waals surface area contributed by atoms with Crippen LogP contribution in [0.5, 0.6) is 0 Å². The number of ketones is 1. The third-order valence-electron chi connectivity index (χ3n) is 5.10. The number of benzene rings is 3. The van der Waals surface area contributed by atoms with Gasteiger partial charge in [-0.2, -0.15) is 0 Å². The molecule has 0 aliphatic rings. The summed E-state index contributed by atoms with van der Waals surface area (Å²) in [6.45, 7) is -0.340. The Labute approximate surface area is 197 Å². The number of H-pyrrole nitrogens is 1. The van der Waals surface area contributed by atoms with Gasteiger partial charge in [0, 0.05) is 6.20 Å². The van der Waals surface area contributed by atoms with Crippen LogP contribution in [0.3, 0.4) is 0 Å². The highest BCUT2D eigenvalue weighted by Gasteiger charge is 2.26. The molecule has 1 N–H and O–H groups in total. The quantitative estimate of drug-likeness (QED) is 0.286. The molecule has 7 nitrogen and oxygen atoms in total. The van der Waals surface area contributed by atoms with Crippen molar-refractivity contribution in [3.63, 3.8) is 0 Å². The summed E-state index contributed by atoms with van der Waals surface area (Å²) in [7, 11) is -4.02. The van der Waals surface area contributed by atoms with Crippen molar-refractivity contribution in [2.45, 2.75) is 11.4 Å². The fourth-order valence-electron chi connectivity index (χ4n) is 3.37. The molecule has 1 heterocycles. The van der Waals surface area contributed by atoms with E-state index in [4.69, 9.17) is 4.74 Å². The Morgan fingerprint density at radius 2 is 1.53 bits per heavy atom. The van der Waals surface area contributed by atoms with Crippen LogP contribution in [0, 0.1) is 0 Å². The van der Waals surface area contributed by atoms with E-state index in [1.807, 2.05) is 36.4 Å². The lowest BCUT2D eigenvalue weighted by Gasteiger charge is -2.25. The van der Waals surface area contributed by atoms with Gasteiger partial charge in [-0.25, -0.2) is 13.2 Å². The zero-order chi connectivity index (χ0) is 24.0. The molecule has 4 aromatic rings. The lowest BCUT2D eigenvalue weighted by molar-refractivity contribution is 0.0473. The highest BCUT2D eigenvalue weighted by molar-refractivity contribution is 7.92. The summed E-state index contributed by atoms with van der Waals surface area (Å²) < 4.78 is 33.7. The Morgan fingerprint density at radius 3 is 2.21 bits per heavy atom. The molecule has 0 spiro atoms. The molecule has 0 amide bonds. The minimum absolute atomic E-state index is 0.0353. The average molecular weight is 475 g/mol. The fourth-order valence-corrected chi connectivity index (χ4v) is 4.86. The van der Waals surface area contributed by atoms with E-state index in [-0.39, 0.29) is 22.8 Å². The summed E-state index contributed by atoms with van der Waals surface area (Å²) in [5.41, 5.74) is 1.67. The number of ether oxygens (including phenoxy) is 1. The molecule has 4 rings (SSSR count). The summed E-state index contributed by atoms with van der Waals surface area (Å²) in [4.78, 5) is 27.3. The summed E-state index contributed by atoms with van der Waals surface area (Å²) in [6, 6.07) is 26.9. The number of hydrogen-bond donors (Lipinski definition) is 1. The molecular weight excluding hydrogens is 452 g/mol. The first-order valence-corrected chi connectivity index (χ1v) is 11.9. The Hall–Kier alpha value is -4.17. The molecule has 0 fully saturated rings. The molecule has 0 aliphatic heterocycles. The second-order valence-corrected chi connectivity index (χ2v) is 9.31. The standard InChI is InChI=1S/C26H22N2O5S/c29-25(24-15-8-16-27-24)19-33-26(30)21-11-7-14-23(17-21)34(31,32)28(22-12-5-2-6-13-22)18-20-9-3-1-4-10-20/h1-17,27H,18-19H2. The second kappa shape index (κ2) is 10.2. The maximum Gasteiger partial charge on any atom is 0.338 e. The molecule has 8 heteroatoms. The van der Waals surface area contributed by atoms with Gasteiger partial charge in [0.05, 0.1) is 28.4 Å². The van der Waals surface area contributed by atoms with Gasteiger partial charge in [0.2, 0.25) is 5.78 Å². The van der Waals surface area contributed by atoms with Crippen molar-refractivity contribution in [1.29, 1.82) is 0 Å². The molecular formula is C26H22N2O5S. The first-order chi connectivity index (χ1) is 16.4. The smallest absolute Gasteiger partial charge is 0.338 e. The number of anilines is 1. The summed E-state index contributed by atoms with van der Waals surface area (Å²) in [5, 5.41) is 0. The zero-order valence-corrected chi connectivity index (χ0v) is 18.9. The molecule has 0 bridgehead atoms. The number of aromatic amines is 1. The third-order valence-corrected chi connectivity index (χ3v) is 6.87. The van der Waals surface area contributed by atoms with Gasteiger partial charge >= 0.3 is 5.97 Å². The fraction of sp³-hybridized carbons (Fsp3) is 0.0769. The number of esters is 1. The van der Waals surface area contributed by atoms with Crippen LogP contribution in [0.2, 0.25) is 0 Å². The molecule has 1 aromatic heterocycles. The van der Waals surface area contributed by atoms with Crippen LogP contribution in [-0.2, 0) is 21.3 Å². The number of carbonyl (C=O) groups excluding carboxylic acids is 2. The highest BCUT2D eigenvalue weighted by Crippen LogP contribution is 2.26. The number of aromatic nitrogens is 1. The van der Waals surface area contributed by atoms with Crippen molar-refractivity contribution in [2.24, 2.45) is 0 Å². The molecule has 0 radical (unpaired) electrons. The molecule has 0 saturated carbocycles. The van der Waals surface area contributed by atoms with Crippen LogP contribution in [0.25, 0.3) is 0 Å². The number of carbonyl (C=O) groups is 2. The number of hydrogen-bond acceptors (Lipinski definition) is 5.